The first-order valence-electron chi connectivity index (χ1n) is 4.58. The molecule has 2 heteroatoms. The standard InChI is InChI=1S/C10H17BO/c1-6-7(2)9(4)10(5-12-11)8(6)3/h8-10H,5H2,1-4H3. The Labute approximate surface area is 76.6 Å². The predicted molar refractivity (Wildman–Crippen MR) is 51.9 cm³/mol. The third kappa shape index (κ3) is 1.45. The molecule has 66 valence electrons. The molecular formula is C10H17BO. The number of rotatable bonds is 2. The molecular weight excluding hydrogens is 147 g/mol. The van der Waals surface area contributed by atoms with Crippen LogP contribution >= 0.6 is 0 Å². The first-order valence-corrected chi connectivity index (χ1v) is 4.58. The van der Waals surface area contributed by atoms with Gasteiger partial charge >= 0.3 is 0 Å². The van der Waals surface area contributed by atoms with E-state index in [1.54, 1.807) is 0 Å². The van der Waals surface area contributed by atoms with Crippen LogP contribution in [0, 0.1) is 17.8 Å². The van der Waals surface area contributed by atoms with Crippen LogP contribution in [0.5, 0.6) is 0 Å². The molecule has 1 nitrogen and oxygen atoms in total. The molecule has 2 atom stereocenters. The van der Waals surface area contributed by atoms with Crippen molar-refractivity contribution in [2.75, 3.05) is 6.61 Å². The minimum Gasteiger partial charge on any atom is -0.447 e. The number of allylic oxidation sites excluding steroid dienone is 2. The topological polar surface area (TPSA) is 9.23 Å². The second-order valence-electron chi connectivity index (χ2n) is 3.94. The van der Waals surface area contributed by atoms with Gasteiger partial charge in [-0.2, -0.15) is 0 Å². The molecule has 1 rings (SSSR count). The van der Waals surface area contributed by atoms with Gasteiger partial charge in [0.05, 0.1) is 0 Å². The van der Waals surface area contributed by atoms with Crippen molar-refractivity contribution in [1.29, 1.82) is 0 Å². The van der Waals surface area contributed by atoms with Crippen LogP contribution in [0.4, 0.5) is 0 Å². The van der Waals surface area contributed by atoms with E-state index in [2.05, 4.69) is 27.7 Å². The maximum absolute atomic E-state index is 5.11. The van der Waals surface area contributed by atoms with Crippen molar-refractivity contribution in [2.45, 2.75) is 27.7 Å². The molecule has 0 fully saturated rings. The molecule has 0 heterocycles. The molecule has 1 aliphatic carbocycles. The number of hydrogen-bond donors (Lipinski definition) is 0. The van der Waals surface area contributed by atoms with Gasteiger partial charge in [-0.15, -0.1) is 0 Å². The van der Waals surface area contributed by atoms with Crippen LogP contribution in [0.1, 0.15) is 27.7 Å². The minimum absolute atomic E-state index is 0.579. The SMILES string of the molecule is [B]OCC1C(C)C(C)=C(C)C1C. The minimum atomic E-state index is 0.579. The van der Waals surface area contributed by atoms with E-state index in [9.17, 15) is 0 Å². The normalized spacial score (nSPS) is 36.2. The lowest BCUT2D eigenvalue weighted by Gasteiger charge is -2.21. The average Bonchev–Trinajstić information content (AvgIpc) is 2.23. The molecule has 0 saturated carbocycles. The molecule has 1 aliphatic rings. The van der Waals surface area contributed by atoms with Crippen LogP contribution in [-0.2, 0) is 4.65 Å². The van der Waals surface area contributed by atoms with Crippen molar-refractivity contribution in [2.24, 2.45) is 17.8 Å². The van der Waals surface area contributed by atoms with Crippen molar-refractivity contribution >= 4 is 8.05 Å². The van der Waals surface area contributed by atoms with Crippen molar-refractivity contribution in [3.05, 3.63) is 11.1 Å². The van der Waals surface area contributed by atoms with E-state index in [0.29, 0.717) is 24.4 Å². The first kappa shape index (κ1) is 9.85. The molecule has 0 saturated heterocycles. The summed E-state index contributed by atoms with van der Waals surface area (Å²) in [6.07, 6.45) is 0. The fourth-order valence-corrected chi connectivity index (χ4v) is 2.19. The monoisotopic (exact) mass is 164 g/mol. The molecule has 0 aromatic carbocycles. The molecule has 0 bridgehead atoms. The molecule has 12 heavy (non-hydrogen) atoms. The fourth-order valence-electron chi connectivity index (χ4n) is 2.19. The quantitative estimate of drug-likeness (QED) is 0.449. The zero-order chi connectivity index (χ0) is 9.30. The number of hydrogen-bond acceptors (Lipinski definition) is 1. The summed E-state index contributed by atoms with van der Waals surface area (Å²) in [7, 11) is 5.11. The Bertz CT molecular complexity index is 180. The molecule has 0 aromatic heterocycles. The van der Waals surface area contributed by atoms with Crippen LogP contribution in [-0.4, -0.2) is 14.7 Å². The molecule has 0 aromatic rings. The first-order chi connectivity index (χ1) is 5.59. The van der Waals surface area contributed by atoms with Gasteiger partial charge in [-0.3, -0.25) is 0 Å². The fraction of sp³-hybridized carbons (Fsp3) is 0.800. The molecule has 2 unspecified atom stereocenters. The van der Waals surface area contributed by atoms with Crippen LogP contribution in [0.15, 0.2) is 11.1 Å². The van der Waals surface area contributed by atoms with E-state index in [-0.39, 0.29) is 0 Å². The highest BCUT2D eigenvalue weighted by Gasteiger charge is 2.32. The Balaban J connectivity index is 2.73. The molecule has 0 N–H and O–H groups in total. The van der Waals surface area contributed by atoms with E-state index in [1.807, 2.05) is 0 Å². The summed E-state index contributed by atoms with van der Waals surface area (Å²) in [5.41, 5.74) is 3.04. The molecule has 0 aliphatic heterocycles. The van der Waals surface area contributed by atoms with Crippen LogP contribution < -0.4 is 0 Å². The zero-order valence-corrected chi connectivity index (χ0v) is 8.42. The molecule has 0 amide bonds. The third-order valence-corrected chi connectivity index (χ3v) is 3.56. The largest absolute Gasteiger partial charge is 0.447 e. The van der Waals surface area contributed by atoms with Crippen molar-refractivity contribution in [1.82, 2.24) is 0 Å². The van der Waals surface area contributed by atoms with E-state index in [4.69, 9.17) is 12.7 Å². The van der Waals surface area contributed by atoms with Crippen molar-refractivity contribution < 1.29 is 4.65 Å². The average molecular weight is 164 g/mol. The van der Waals surface area contributed by atoms with E-state index >= 15 is 0 Å². The summed E-state index contributed by atoms with van der Waals surface area (Å²) < 4.78 is 4.74. The van der Waals surface area contributed by atoms with Gasteiger partial charge < -0.3 is 4.65 Å². The Morgan fingerprint density at radius 3 is 1.92 bits per heavy atom. The highest BCUT2D eigenvalue weighted by Crippen LogP contribution is 2.40. The van der Waals surface area contributed by atoms with Gasteiger partial charge in [0.2, 0.25) is 0 Å². The van der Waals surface area contributed by atoms with E-state index in [0.717, 1.165) is 0 Å². The van der Waals surface area contributed by atoms with Gasteiger partial charge in [0.25, 0.3) is 8.05 Å². The van der Waals surface area contributed by atoms with E-state index in [1.165, 1.54) is 11.1 Å². The summed E-state index contributed by atoms with van der Waals surface area (Å²) in [6.45, 7) is 9.62. The van der Waals surface area contributed by atoms with Gasteiger partial charge in [-0.1, -0.05) is 25.0 Å². The van der Waals surface area contributed by atoms with Crippen LogP contribution in [0.25, 0.3) is 0 Å². The highest BCUT2D eigenvalue weighted by atomic mass is 16.4. The summed E-state index contributed by atoms with van der Waals surface area (Å²) in [5.74, 6) is 1.84. The van der Waals surface area contributed by atoms with Crippen molar-refractivity contribution in [3.8, 4) is 0 Å². The molecule has 0 spiro atoms. The van der Waals surface area contributed by atoms with Gasteiger partial charge in [0, 0.05) is 6.61 Å². The summed E-state index contributed by atoms with van der Waals surface area (Å²) in [5, 5.41) is 0. The van der Waals surface area contributed by atoms with Crippen molar-refractivity contribution in [3.63, 3.8) is 0 Å². The Hall–Kier alpha value is -0.235. The Kier molecular flexibility index (Phi) is 3.00. The summed E-state index contributed by atoms with van der Waals surface area (Å²) in [4.78, 5) is 0. The lowest BCUT2D eigenvalue weighted by atomic mass is 9.88. The lowest BCUT2D eigenvalue weighted by Crippen LogP contribution is -2.19. The van der Waals surface area contributed by atoms with Gasteiger partial charge in [0.15, 0.2) is 0 Å². The van der Waals surface area contributed by atoms with Gasteiger partial charge in [-0.25, -0.2) is 0 Å². The molecule has 2 radical (unpaired) electrons. The highest BCUT2D eigenvalue weighted by molar-refractivity contribution is 5.97. The van der Waals surface area contributed by atoms with E-state index < -0.39 is 0 Å². The summed E-state index contributed by atoms with van der Waals surface area (Å²) >= 11 is 0. The second-order valence-corrected chi connectivity index (χ2v) is 3.94. The zero-order valence-electron chi connectivity index (χ0n) is 8.42. The summed E-state index contributed by atoms with van der Waals surface area (Å²) in [6, 6.07) is 0. The van der Waals surface area contributed by atoms with Crippen LogP contribution in [0.2, 0.25) is 0 Å². The van der Waals surface area contributed by atoms with Crippen LogP contribution in [0.3, 0.4) is 0 Å². The second kappa shape index (κ2) is 3.65. The van der Waals surface area contributed by atoms with Gasteiger partial charge in [-0.05, 0) is 31.6 Å². The Morgan fingerprint density at radius 2 is 1.58 bits per heavy atom. The Morgan fingerprint density at radius 1 is 1.17 bits per heavy atom. The maximum Gasteiger partial charge on any atom is 0.282 e. The third-order valence-electron chi connectivity index (χ3n) is 3.56. The lowest BCUT2D eigenvalue weighted by molar-refractivity contribution is 0.209. The smallest absolute Gasteiger partial charge is 0.282 e. The van der Waals surface area contributed by atoms with Gasteiger partial charge in [0.1, 0.15) is 0 Å². The predicted octanol–water partition coefficient (Wildman–Crippen LogP) is 2.32. The maximum atomic E-state index is 5.11.